The quantitative estimate of drug-likeness (QED) is 0.773. The summed E-state index contributed by atoms with van der Waals surface area (Å²) in [7, 11) is 3.13. The number of aromatic nitrogens is 1. The van der Waals surface area contributed by atoms with E-state index in [0.717, 1.165) is 9.50 Å². The summed E-state index contributed by atoms with van der Waals surface area (Å²) >= 11 is 4.69. The van der Waals surface area contributed by atoms with Crippen molar-refractivity contribution in [3.8, 4) is 11.5 Å². The van der Waals surface area contributed by atoms with E-state index in [4.69, 9.17) is 9.47 Å². The molecule has 0 bridgehead atoms. The van der Waals surface area contributed by atoms with E-state index in [1.165, 1.54) is 11.8 Å². The van der Waals surface area contributed by atoms with Crippen molar-refractivity contribution >= 4 is 39.3 Å². The zero-order valence-corrected chi connectivity index (χ0v) is 14.5. The van der Waals surface area contributed by atoms with Crippen LogP contribution in [-0.4, -0.2) is 30.9 Å². The second-order valence-electron chi connectivity index (χ2n) is 4.25. The Morgan fingerprint density at radius 1 is 1.23 bits per heavy atom. The second-order valence-corrected chi connectivity index (χ2v) is 6.16. The van der Waals surface area contributed by atoms with E-state index in [1.807, 2.05) is 12.1 Å². The Hall–Kier alpha value is -1.73. The molecule has 1 aromatic heterocycles. The molecule has 1 heterocycles. The van der Waals surface area contributed by atoms with Crippen molar-refractivity contribution < 1.29 is 14.3 Å². The molecule has 0 unspecified atom stereocenters. The Morgan fingerprint density at radius 3 is 2.45 bits per heavy atom. The molecule has 1 amide bonds. The van der Waals surface area contributed by atoms with Crippen molar-refractivity contribution in [2.75, 3.05) is 25.3 Å². The predicted octanol–water partition coefficient (Wildman–Crippen LogP) is 3.59. The minimum Gasteiger partial charge on any atom is -0.497 e. The maximum absolute atomic E-state index is 12.0. The van der Waals surface area contributed by atoms with Gasteiger partial charge in [0, 0.05) is 34.6 Å². The third kappa shape index (κ3) is 4.92. The number of benzene rings is 1. The van der Waals surface area contributed by atoms with Crippen LogP contribution in [0.4, 0.5) is 5.69 Å². The Balaban J connectivity index is 1.95. The maximum Gasteiger partial charge on any atom is 0.234 e. The van der Waals surface area contributed by atoms with Crippen LogP contribution < -0.4 is 14.8 Å². The fourth-order valence-corrected chi connectivity index (χ4v) is 2.54. The van der Waals surface area contributed by atoms with Gasteiger partial charge in [-0.15, -0.1) is 0 Å². The SMILES string of the molecule is COc1cc(NC(=O)CSc2ccc(Br)cn2)cc(OC)c1. The highest BCUT2D eigenvalue weighted by atomic mass is 79.9. The maximum atomic E-state index is 12.0. The topological polar surface area (TPSA) is 60.5 Å². The van der Waals surface area contributed by atoms with Crippen LogP contribution in [0.5, 0.6) is 11.5 Å². The summed E-state index contributed by atoms with van der Waals surface area (Å²) in [5, 5.41) is 3.61. The van der Waals surface area contributed by atoms with E-state index in [2.05, 4.69) is 26.2 Å². The number of ether oxygens (including phenoxy) is 2. The van der Waals surface area contributed by atoms with Crippen molar-refractivity contribution in [2.24, 2.45) is 0 Å². The van der Waals surface area contributed by atoms with Gasteiger partial charge in [-0.25, -0.2) is 4.98 Å². The van der Waals surface area contributed by atoms with E-state index in [0.29, 0.717) is 17.2 Å². The minimum absolute atomic E-state index is 0.120. The van der Waals surface area contributed by atoms with Crippen LogP contribution in [0.3, 0.4) is 0 Å². The zero-order chi connectivity index (χ0) is 15.9. The number of thioether (sulfide) groups is 1. The Labute approximate surface area is 141 Å². The van der Waals surface area contributed by atoms with Crippen molar-refractivity contribution in [3.05, 3.63) is 41.0 Å². The molecule has 0 fully saturated rings. The predicted molar refractivity (Wildman–Crippen MR) is 90.8 cm³/mol. The molecular formula is C15H15BrN2O3S. The third-order valence-corrected chi connectivity index (χ3v) is 4.10. The zero-order valence-electron chi connectivity index (χ0n) is 12.1. The lowest BCUT2D eigenvalue weighted by molar-refractivity contribution is -0.113. The van der Waals surface area contributed by atoms with Gasteiger partial charge in [0.05, 0.1) is 25.0 Å². The van der Waals surface area contributed by atoms with Crippen molar-refractivity contribution in [2.45, 2.75) is 5.03 Å². The number of anilines is 1. The molecule has 7 heteroatoms. The van der Waals surface area contributed by atoms with Gasteiger partial charge in [0.25, 0.3) is 0 Å². The van der Waals surface area contributed by atoms with E-state index >= 15 is 0 Å². The number of methoxy groups -OCH3 is 2. The largest absolute Gasteiger partial charge is 0.497 e. The van der Waals surface area contributed by atoms with Gasteiger partial charge < -0.3 is 14.8 Å². The molecule has 0 saturated carbocycles. The van der Waals surface area contributed by atoms with Crippen LogP contribution in [0, 0.1) is 0 Å². The number of nitrogens with one attached hydrogen (secondary N) is 1. The molecular weight excluding hydrogens is 368 g/mol. The number of hydrogen-bond donors (Lipinski definition) is 1. The first-order chi connectivity index (χ1) is 10.6. The standard InChI is InChI=1S/C15H15BrN2O3S/c1-20-12-5-11(6-13(7-12)21-2)18-14(19)9-22-15-4-3-10(16)8-17-15/h3-8H,9H2,1-2H3,(H,18,19). The highest BCUT2D eigenvalue weighted by Crippen LogP contribution is 2.26. The van der Waals surface area contributed by atoms with Crippen LogP contribution in [0.15, 0.2) is 46.0 Å². The normalized spacial score (nSPS) is 10.1. The molecule has 116 valence electrons. The Morgan fingerprint density at radius 2 is 1.91 bits per heavy atom. The summed E-state index contributed by atoms with van der Waals surface area (Å²) in [5.41, 5.74) is 0.630. The number of carbonyl (C=O) groups excluding carboxylic acids is 1. The molecule has 0 aliphatic rings. The molecule has 0 radical (unpaired) electrons. The first-order valence-corrected chi connectivity index (χ1v) is 8.16. The molecule has 0 saturated heterocycles. The smallest absolute Gasteiger partial charge is 0.234 e. The van der Waals surface area contributed by atoms with Gasteiger partial charge in [-0.2, -0.15) is 0 Å². The number of carbonyl (C=O) groups is 1. The number of amides is 1. The number of rotatable bonds is 6. The number of nitrogens with zero attached hydrogens (tertiary/aromatic N) is 1. The Kier molecular flexibility index (Phi) is 6.09. The number of pyridine rings is 1. The Bertz CT molecular complexity index is 627. The fraction of sp³-hybridized carbons (Fsp3) is 0.200. The average molecular weight is 383 g/mol. The van der Waals surface area contributed by atoms with E-state index in [9.17, 15) is 4.79 Å². The van der Waals surface area contributed by atoms with Gasteiger partial charge in [0.15, 0.2) is 0 Å². The average Bonchev–Trinajstić information content (AvgIpc) is 2.54. The highest BCUT2D eigenvalue weighted by Gasteiger charge is 2.07. The van der Waals surface area contributed by atoms with Gasteiger partial charge in [0.2, 0.25) is 5.91 Å². The number of hydrogen-bond acceptors (Lipinski definition) is 5. The molecule has 1 aromatic carbocycles. The molecule has 0 atom stereocenters. The first-order valence-electron chi connectivity index (χ1n) is 6.38. The summed E-state index contributed by atoms with van der Waals surface area (Å²) in [6, 6.07) is 8.97. The monoisotopic (exact) mass is 382 g/mol. The molecule has 2 rings (SSSR count). The van der Waals surface area contributed by atoms with Crippen LogP contribution >= 0.6 is 27.7 Å². The van der Waals surface area contributed by atoms with Gasteiger partial charge in [-0.3, -0.25) is 4.79 Å². The van der Waals surface area contributed by atoms with Crippen molar-refractivity contribution in [1.82, 2.24) is 4.98 Å². The van der Waals surface area contributed by atoms with Gasteiger partial charge in [0.1, 0.15) is 11.5 Å². The first kappa shape index (κ1) is 16.6. The van der Waals surface area contributed by atoms with Crippen molar-refractivity contribution in [3.63, 3.8) is 0 Å². The molecule has 5 nitrogen and oxygen atoms in total. The highest BCUT2D eigenvalue weighted by molar-refractivity contribution is 9.10. The summed E-state index contributed by atoms with van der Waals surface area (Å²) in [6.07, 6.45) is 1.70. The minimum atomic E-state index is -0.120. The molecule has 0 aliphatic heterocycles. The summed E-state index contributed by atoms with van der Waals surface area (Å²) in [4.78, 5) is 16.2. The summed E-state index contributed by atoms with van der Waals surface area (Å²) in [6.45, 7) is 0. The number of halogens is 1. The third-order valence-electron chi connectivity index (χ3n) is 2.69. The van der Waals surface area contributed by atoms with Crippen molar-refractivity contribution in [1.29, 1.82) is 0 Å². The lowest BCUT2D eigenvalue weighted by Crippen LogP contribution is -2.14. The second kappa shape index (κ2) is 8.05. The molecule has 0 spiro atoms. The molecule has 2 aromatic rings. The lowest BCUT2D eigenvalue weighted by Gasteiger charge is -2.09. The summed E-state index contributed by atoms with van der Waals surface area (Å²) < 4.78 is 11.2. The van der Waals surface area contributed by atoms with Crippen LogP contribution in [-0.2, 0) is 4.79 Å². The fourth-order valence-electron chi connectivity index (χ4n) is 1.66. The molecule has 0 aliphatic carbocycles. The molecule has 1 N–H and O–H groups in total. The van der Waals surface area contributed by atoms with E-state index < -0.39 is 0 Å². The van der Waals surface area contributed by atoms with Gasteiger partial charge in [-0.05, 0) is 28.1 Å². The van der Waals surface area contributed by atoms with Gasteiger partial charge >= 0.3 is 0 Å². The lowest BCUT2D eigenvalue weighted by atomic mass is 10.2. The van der Waals surface area contributed by atoms with Crippen LogP contribution in [0.1, 0.15) is 0 Å². The van der Waals surface area contributed by atoms with E-state index in [-0.39, 0.29) is 11.7 Å². The molecule has 22 heavy (non-hydrogen) atoms. The van der Waals surface area contributed by atoms with E-state index in [1.54, 1.807) is 38.6 Å². The van der Waals surface area contributed by atoms with Crippen LogP contribution in [0.25, 0.3) is 0 Å². The van der Waals surface area contributed by atoms with Crippen LogP contribution in [0.2, 0.25) is 0 Å². The van der Waals surface area contributed by atoms with Gasteiger partial charge in [-0.1, -0.05) is 11.8 Å². The summed E-state index contributed by atoms with van der Waals surface area (Å²) in [5.74, 6) is 1.40.